The number of hydrogen-bond acceptors (Lipinski definition) is 4. The maximum atomic E-state index is 12.2. The third-order valence-electron chi connectivity index (χ3n) is 3.96. The van der Waals surface area contributed by atoms with Crippen molar-refractivity contribution in [2.24, 2.45) is 0 Å². The van der Waals surface area contributed by atoms with Crippen molar-refractivity contribution < 1.29 is 4.79 Å². The summed E-state index contributed by atoms with van der Waals surface area (Å²) in [5.41, 5.74) is 4.12. The fourth-order valence-electron chi connectivity index (χ4n) is 2.41. The molecular weight excluding hydrogens is 336 g/mol. The van der Waals surface area contributed by atoms with Gasteiger partial charge in [-0.2, -0.15) is 0 Å². The van der Waals surface area contributed by atoms with Crippen molar-refractivity contribution in [1.82, 2.24) is 10.3 Å². The first-order chi connectivity index (χ1) is 11.5. The largest absolute Gasteiger partial charge is 0.352 e. The molecule has 5 heteroatoms. The third-order valence-corrected chi connectivity index (χ3v) is 5.90. The van der Waals surface area contributed by atoms with E-state index in [9.17, 15) is 4.79 Å². The van der Waals surface area contributed by atoms with Gasteiger partial charge in [-0.25, -0.2) is 4.98 Å². The Hall–Kier alpha value is -1.98. The van der Waals surface area contributed by atoms with Crippen LogP contribution in [0.3, 0.4) is 0 Å². The molecule has 0 atom stereocenters. The van der Waals surface area contributed by atoms with Crippen molar-refractivity contribution >= 4 is 28.6 Å². The van der Waals surface area contributed by atoms with Gasteiger partial charge in [-0.3, -0.25) is 4.79 Å². The van der Waals surface area contributed by atoms with Crippen LogP contribution in [0.15, 0.2) is 35.7 Å². The van der Waals surface area contributed by atoms with Crippen molar-refractivity contribution in [3.8, 4) is 10.6 Å². The molecular formula is C19H20N2OS2. The fourth-order valence-corrected chi connectivity index (χ4v) is 4.07. The Morgan fingerprint density at radius 1 is 1.12 bits per heavy atom. The smallest absolute Gasteiger partial charge is 0.251 e. The highest BCUT2D eigenvalue weighted by Gasteiger charge is 2.08. The first kappa shape index (κ1) is 16.9. The highest BCUT2D eigenvalue weighted by Crippen LogP contribution is 2.29. The average Bonchev–Trinajstić information content (AvgIpc) is 3.19. The highest BCUT2D eigenvalue weighted by atomic mass is 32.1. The molecule has 0 unspecified atom stereocenters. The zero-order valence-electron chi connectivity index (χ0n) is 14.1. The van der Waals surface area contributed by atoms with Crippen LogP contribution in [-0.2, 0) is 6.42 Å². The van der Waals surface area contributed by atoms with Crippen LogP contribution < -0.4 is 5.32 Å². The summed E-state index contributed by atoms with van der Waals surface area (Å²) >= 11 is 3.41. The zero-order chi connectivity index (χ0) is 17.1. The molecule has 3 aromatic rings. The molecule has 2 aromatic heterocycles. The topological polar surface area (TPSA) is 42.0 Å². The van der Waals surface area contributed by atoms with Gasteiger partial charge in [-0.1, -0.05) is 6.07 Å². The highest BCUT2D eigenvalue weighted by molar-refractivity contribution is 7.16. The van der Waals surface area contributed by atoms with Gasteiger partial charge < -0.3 is 5.32 Å². The van der Waals surface area contributed by atoms with Crippen molar-refractivity contribution in [2.75, 3.05) is 6.54 Å². The lowest BCUT2D eigenvalue weighted by atomic mass is 10.1. The lowest BCUT2D eigenvalue weighted by molar-refractivity contribution is 0.0954. The number of thiazole rings is 1. The Balaban J connectivity index is 1.55. The summed E-state index contributed by atoms with van der Waals surface area (Å²) in [6, 6.07) is 10.0. The summed E-state index contributed by atoms with van der Waals surface area (Å²) in [4.78, 5) is 19.2. The Kier molecular flexibility index (Phi) is 5.11. The van der Waals surface area contributed by atoms with E-state index in [1.165, 1.54) is 15.3 Å². The van der Waals surface area contributed by atoms with E-state index < -0.39 is 0 Å². The normalized spacial score (nSPS) is 10.8. The maximum absolute atomic E-state index is 12.2. The minimum absolute atomic E-state index is 0.00925. The number of carbonyl (C=O) groups excluding carboxylic acids is 1. The number of amides is 1. The first-order valence-electron chi connectivity index (χ1n) is 7.89. The first-order valence-corrected chi connectivity index (χ1v) is 9.59. The van der Waals surface area contributed by atoms with E-state index in [0.717, 1.165) is 28.2 Å². The number of aryl methyl sites for hydroxylation is 3. The summed E-state index contributed by atoms with van der Waals surface area (Å²) < 4.78 is 0. The van der Waals surface area contributed by atoms with Crippen LogP contribution in [0.2, 0.25) is 0 Å². The summed E-state index contributed by atoms with van der Waals surface area (Å²) in [6.07, 6.45) is 0.838. The van der Waals surface area contributed by atoms with E-state index >= 15 is 0 Å². The number of rotatable bonds is 5. The molecule has 0 spiro atoms. The van der Waals surface area contributed by atoms with E-state index in [1.54, 1.807) is 22.7 Å². The van der Waals surface area contributed by atoms with Gasteiger partial charge in [-0.05, 0) is 62.6 Å². The lowest BCUT2D eigenvalue weighted by Gasteiger charge is -2.06. The molecule has 2 heterocycles. The van der Waals surface area contributed by atoms with Crippen LogP contribution in [0, 0.1) is 20.8 Å². The van der Waals surface area contributed by atoms with Crippen LogP contribution in [-0.4, -0.2) is 17.4 Å². The Morgan fingerprint density at radius 3 is 2.67 bits per heavy atom. The van der Waals surface area contributed by atoms with Crippen molar-refractivity contribution in [1.29, 1.82) is 0 Å². The minimum Gasteiger partial charge on any atom is -0.352 e. The van der Waals surface area contributed by atoms with Gasteiger partial charge >= 0.3 is 0 Å². The lowest BCUT2D eigenvalue weighted by Crippen LogP contribution is -2.25. The molecule has 3 rings (SSSR count). The number of aromatic nitrogens is 1. The average molecular weight is 357 g/mol. The number of hydrogen-bond donors (Lipinski definition) is 1. The predicted octanol–water partition coefficient (Wildman–Crippen LogP) is 4.77. The maximum Gasteiger partial charge on any atom is 0.251 e. The van der Waals surface area contributed by atoms with E-state index in [4.69, 9.17) is 0 Å². The van der Waals surface area contributed by atoms with E-state index in [-0.39, 0.29) is 5.91 Å². The summed E-state index contributed by atoms with van der Waals surface area (Å²) in [7, 11) is 0. The van der Waals surface area contributed by atoms with Gasteiger partial charge in [0.25, 0.3) is 5.91 Å². The van der Waals surface area contributed by atoms with Gasteiger partial charge in [0, 0.05) is 22.4 Å². The molecule has 0 aliphatic rings. The summed E-state index contributed by atoms with van der Waals surface area (Å²) in [6.45, 7) is 6.74. The Labute approximate surface area is 150 Å². The van der Waals surface area contributed by atoms with Gasteiger partial charge in [0.2, 0.25) is 0 Å². The van der Waals surface area contributed by atoms with Gasteiger partial charge in [0.05, 0.1) is 15.6 Å². The molecule has 1 N–H and O–H groups in total. The molecule has 0 radical (unpaired) electrons. The van der Waals surface area contributed by atoms with Crippen molar-refractivity contribution in [2.45, 2.75) is 27.2 Å². The molecule has 3 nitrogen and oxygen atoms in total. The standard InChI is InChI=1S/C19H20N2OS2/c1-12-4-5-15(10-13(12)2)19(22)20-9-8-16-6-7-18(24-16)17-11-23-14(3)21-17/h4-7,10-11H,8-9H2,1-3H3,(H,20,22). The molecule has 124 valence electrons. The molecule has 1 aromatic carbocycles. The molecule has 0 bridgehead atoms. The van der Waals surface area contributed by atoms with Gasteiger partial charge in [-0.15, -0.1) is 22.7 Å². The molecule has 0 fully saturated rings. The van der Waals surface area contributed by atoms with E-state index in [2.05, 4.69) is 34.7 Å². The van der Waals surface area contributed by atoms with Gasteiger partial charge in [0.15, 0.2) is 0 Å². The molecule has 0 aliphatic heterocycles. The van der Waals surface area contributed by atoms with Crippen LogP contribution >= 0.6 is 22.7 Å². The molecule has 1 amide bonds. The van der Waals surface area contributed by atoms with Crippen LogP contribution in [0.4, 0.5) is 0 Å². The van der Waals surface area contributed by atoms with Crippen molar-refractivity contribution in [3.05, 3.63) is 62.3 Å². The molecule has 0 saturated carbocycles. The number of nitrogens with zero attached hydrogens (tertiary/aromatic N) is 1. The monoisotopic (exact) mass is 356 g/mol. The van der Waals surface area contributed by atoms with E-state index in [1.807, 2.05) is 32.0 Å². The molecule has 0 saturated heterocycles. The summed E-state index contributed by atoms with van der Waals surface area (Å²) in [5.74, 6) is -0.00925. The predicted molar refractivity (Wildman–Crippen MR) is 102 cm³/mol. The number of carbonyl (C=O) groups is 1. The number of benzene rings is 1. The fraction of sp³-hybridized carbons (Fsp3) is 0.263. The van der Waals surface area contributed by atoms with Crippen molar-refractivity contribution in [3.63, 3.8) is 0 Å². The van der Waals surface area contributed by atoms with E-state index in [0.29, 0.717) is 6.54 Å². The second kappa shape index (κ2) is 7.28. The second-order valence-corrected chi connectivity index (χ2v) is 8.05. The molecule has 24 heavy (non-hydrogen) atoms. The zero-order valence-corrected chi connectivity index (χ0v) is 15.7. The number of thiophene rings is 1. The Morgan fingerprint density at radius 2 is 1.96 bits per heavy atom. The summed E-state index contributed by atoms with van der Waals surface area (Å²) in [5, 5.41) is 6.18. The SMILES string of the molecule is Cc1nc(-c2ccc(CCNC(=O)c3ccc(C)c(C)c3)s2)cs1. The minimum atomic E-state index is -0.00925. The number of nitrogens with one attached hydrogen (secondary N) is 1. The second-order valence-electron chi connectivity index (χ2n) is 5.82. The Bertz CT molecular complexity index is 864. The van der Waals surface area contributed by atoms with Crippen LogP contribution in [0.1, 0.15) is 31.4 Å². The quantitative estimate of drug-likeness (QED) is 0.715. The van der Waals surface area contributed by atoms with Crippen LogP contribution in [0.25, 0.3) is 10.6 Å². The third kappa shape index (κ3) is 3.91. The van der Waals surface area contributed by atoms with Gasteiger partial charge in [0.1, 0.15) is 0 Å². The van der Waals surface area contributed by atoms with Crippen LogP contribution in [0.5, 0.6) is 0 Å². The molecule has 0 aliphatic carbocycles.